The normalized spacial score (nSPS) is 18.9. The van der Waals surface area contributed by atoms with Crippen LogP contribution in [0.2, 0.25) is 0 Å². The molecule has 0 spiro atoms. The number of hydrogen-bond donors (Lipinski definition) is 1. The summed E-state index contributed by atoms with van der Waals surface area (Å²) in [5.74, 6) is -0.0724. The first kappa shape index (κ1) is 19.4. The summed E-state index contributed by atoms with van der Waals surface area (Å²) in [6.45, 7) is 4.46. The van der Waals surface area contributed by atoms with Crippen molar-refractivity contribution in [1.82, 2.24) is 4.31 Å². The largest absolute Gasteiger partial charge is 0.369 e. The Bertz CT molecular complexity index is 1080. The van der Waals surface area contributed by atoms with Gasteiger partial charge >= 0.3 is 0 Å². The highest BCUT2D eigenvalue weighted by Gasteiger charge is 2.35. The molecule has 2 aromatic carbocycles. The molecule has 0 radical (unpaired) electrons. The van der Waals surface area contributed by atoms with E-state index in [9.17, 15) is 13.2 Å². The maximum Gasteiger partial charge on any atom is 0.266 e. The zero-order chi connectivity index (χ0) is 20.8. The van der Waals surface area contributed by atoms with Crippen LogP contribution < -0.4 is 10.6 Å². The van der Waals surface area contributed by atoms with Gasteiger partial charge in [0.05, 0.1) is 17.5 Å². The smallest absolute Gasteiger partial charge is 0.266 e. The number of anilines is 1. The van der Waals surface area contributed by atoms with Gasteiger partial charge in [0.2, 0.25) is 11.9 Å². The van der Waals surface area contributed by atoms with Crippen molar-refractivity contribution in [2.45, 2.75) is 31.2 Å². The van der Waals surface area contributed by atoms with Crippen molar-refractivity contribution < 1.29 is 13.2 Å². The Balaban J connectivity index is 1.61. The maximum atomic E-state index is 13.2. The third-order valence-electron chi connectivity index (χ3n) is 5.36. The Labute approximate surface area is 170 Å². The number of rotatable bonds is 4. The molecular formula is C21H24N4O3S. The van der Waals surface area contributed by atoms with Crippen LogP contribution in [-0.4, -0.2) is 37.7 Å². The van der Waals surface area contributed by atoms with Gasteiger partial charge in [-0.3, -0.25) is 4.79 Å². The molecule has 4 rings (SSSR count). The predicted octanol–water partition coefficient (Wildman–Crippen LogP) is 2.29. The second-order valence-corrected chi connectivity index (χ2v) is 9.50. The summed E-state index contributed by atoms with van der Waals surface area (Å²) in [6.07, 6.45) is 0.632. The number of nitrogens with zero attached hydrogens (tertiary/aromatic N) is 3. The molecule has 152 valence electrons. The van der Waals surface area contributed by atoms with Crippen LogP contribution in [0.3, 0.4) is 0 Å². The zero-order valence-corrected chi connectivity index (χ0v) is 17.3. The molecule has 1 amide bonds. The summed E-state index contributed by atoms with van der Waals surface area (Å²) in [5.41, 5.74) is 8.54. The number of carbonyl (C=O) groups excluding carboxylic acids is 1. The summed E-state index contributed by atoms with van der Waals surface area (Å²) >= 11 is 0. The number of aliphatic imine (C=N–C) groups is 1. The minimum atomic E-state index is -3.83. The standard InChI is InChI=1S/C21H24N4O3S/c1-14(2)20(26)24-11-10-16-12-17(8-9-19(16)24)29(27,28)25-13-18(23-21(25)22)15-6-4-3-5-7-15/h3-9,12,14,18H,10-11,13H2,1-2H3,(H2,22,23)/t18-/m1/s1. The summed E-state index contributed by atoms with van der Waals surface area (Å²) in [7, 11) is -3.83. The maximum absolute atomic E-state index is 13.2. The van der Waals surface area contributed by atoms with E-state index in [0.717, 1.165) is 16.8 Å². The molecular weight excluding hydrogens is 388 g/mol. The molecule has 7 nitrogen and oxygen atoms in total. The van der Waals surface area contributed by atoms with Crippen molar-refractivity contribution in [2.75, 3.05) is 18.0 Å². The van der Waals surface area contributed by atoms with Crippen LogP contribution in [0.5, 0.6) is 0 Å². The third kappa shape index (κ3) is 3.37. The molecule has 2 aliphatic heterocycles. The van der Waals surface area contributed by atoms with Gasteiger partial charge in [-0.25, -0.2) is 17.7 Å². The van der Waals surface area contributed by atoms with Gasteiger partial charge in [-0.1, -0.05) is 44.2 Å². The van der Waals surface area contributed by atoms with Crippen LogP contribution in [-0.2, 0) is 21.2 Å². The van der Waals surface area contributed by atoms with Crippen LogP contribution in [0.1, 0.15) is 31.0 Å². The van der Waals surface area contributed by atoms with Crippen molar-refractivity contribution in [3.05, 3.63) is 59.7 Å². The topological polar surface area (TPSA) is 96.1 Å². The molecule has 2 N–H and O–H groups in total. The minimum Gasteiger partial charge on any atom is -0.369 e. The molecule has 0 saturated carbocycles. The minimum absolute atomic E-state index is 0.00374. The number of carbonyl (C=O) groups is 1. The molecule has 0 aromatic heterocycles. The van der Waals surface area contributed by atoms with E-state index in [1.807, 2.05) is 44.2 Å². The van der Waals surface area contributed by atoms with Crippen molar-refractivity contribution >= 4 is 27.6 Å². The molecule has 8 heteroatoms. The number of hydrogen-bond acceptors (Lipinski definition) is 5. The van der Waals surface area contributed by atoms with Gasteiger partial charge in [-0.15, -0.1) is 0 Å². The average molecular weight is 413 g/mol. The van der Waals surface area contributed by atoms with Gasteiger partial charge in [0, 0.05) is 18.2 Å². The van der Waals surface area contributed by atoms with Crippen LogP contribution in [0.4, 0.5) is 5.69 Å². The fourth-order valence-electron chi connectivity index (χ4n) is 3.80. The molecule has 0 saturated heterocycles. The number of guanidine groups is 1. The molecule has 29 heavy (non-hydrogen) atoms. The predicted molar refractivity (Wildman–Crippen MR) is 112 cm³/mol. The lowest BCUT2D eigenvalue weighted by molar-refractivity contribution is -0.121. The van der Waals surface area contributed by atoms with Crippen molar-refractivity contribution in [1.29, 1.82) is 0 Å². The van der Waals surface area contributed by atoms with Gasteiger partial charge in [0.1, 0.15) is 0 Å². The van der Waals surface area contributed by atoms with Crippen LogP contribution in [0, 0.1) is 5.92 Å². The summed E-state index contributed by atoms with van der Waals surface area (Å²) in [5, 5.41) is 0. The first-order valence-corrected chi connectivity index (χ1v) is 11.1. The van der Waals surface area contributed by atoms with Gasteiger partial charge in [0.25, 0.3) is 10.0 Å². The Morgan fingerprint density at radius 2 is 1.90 bits per heavy atom. The lowest BCUT2D eigenvalue weighted by Crippen LogP contribution is -2.39. The van der Waals surface area contributed by atoms with E-state index in [2.05, 4.69) is 4.99 Å². The fourth-order valence-corrected chi connectivity index (χ4v) is 5.21. The SMILES string of the molecule is CC(C)C(=O)N1CCc2cc(S(=O)(=O)N3C[C@H](c4ccccc4)N=C3N)ccc21. The molecule has 2 aromatic rings. The Hall–Kier alpha value is -2.87. The van der Waals surface area contributed by atoms with Gasteiger partial charge in [0.15, 0.2) is 0 Å². The van der Waals surface area contributed by atoms with Crippen LogP contribution >= 0.6 is 0 Å². The van der Waals surface area contributed by atoms with Crippen molar-refractivity contribution in [3.8, 4) is 0 Å². The van der Waals surface area contributed by atoms with E-state index >= 15 is 0 Å². The summed E-state index contributed by atoms with van der Waals surface area (Å²) in [4.78, 5) is 18.6. The fraction of sp³-hybridized carbons (Fsp3) is 0.333. The lowest BCUT2D eigenvalue weighted by atomic mass is 10.1. The van der Waals surface area contributed by atoms with E-state index < -0.39 is 10.0 Å². The monoisotopic (exact) mass is 412 g/mol. The Morgan fingerprint density at radius 3 is 2.59 bits per heavy atom. The van der Waals surface area contributed by atoms with Gasteiger partial charge in [-0.05, 0) is 35.7 Å². The quantitative estimate of drug-likeness (QED) is 0.833. The van der Waals surface area contributed by atoms with E-state index in [0.29, 0.717) is 13.0 Å². The molecule has 1 atom stereocenters. The number of benzene rings is 2. The average Bonchev–Trinajstić information content (AvgIpc) is 3.31. The molecule has 0 aliphatic carbocycles. The highest BCUT2D eigenvalue weighted by atomic mass is 32.2. The molecule has 2 heterocycles. The highest BCUT2D eigenvalue weighted by molar-refractivity contribution is 7.89. The zero-order valence-electron chi connectivity index (χ0n) is 16.4. The van der Waals surface area contributed by atoms with Crippen molar-refractivity contribution in [3.63, 3.8) is 0 Å². The van der Waals surface area contributed by atoms with E-state index in [1.54, 1.807) is 23.1 Å². The van der Waals surface area contributed by atoms with Crippen LogP contribution in [0.25, 0.3) is 0 Å². The van der Waals surface area contributed by atoms with E-state index in [4.69, 9.17) is 5.73 Å². The van der Waals surface area contributed by atoms with E-state index in [1.165, 1.54) is 4.31 Å². The molecule has 0 fully saturated rings. The molecule has 0 bridgehead atoms. The number of fused-ring (bicyclic) bond motifs is 1. The third-order valence-corrected chi connectivity index (χ3v) is 7.13. The van der Waals surface area contributed by atoms with E-state index in [-0.39, 0.29) is 35.3 Å². The highest BCUT2D eigenvalue weighted by Crippen LogP contribution is 2.33. The first-order valence-electron chi connectivity index (χ1n) is 9.64. The summed E-state index contributed by atoms with van der Waals surface area (Å²) < 4.78 is 27.6. The molecule has 2 aliphatic rings. The number of nitrogens with two attached hydrogens (primary N) is 1. The summed E-state index contributed by atoms with van der Waals surface area (Å²) in [6, 6.07) is 14.1. The van der Waals surface area contributed by atoms with Crippen molar-refractivity contribution in [2.24, 2.45) is 16.6 Å². The number of amides is 1. The number of sulfonamides is 1. The van der Waals surface area contributed by atoms with Gasteiger partial charge in [-0.2, -0.15) is 0 Å². The van der Waals surface area contributed by atoms with Gasteiger partial charge < -0.3 is 10.6 Å². The van der Waals surface area contributed by atoms with Crippen LogP contribution in [0.15, 0.2) is 58.4 Å². The lowest BCUT2D eigenvalue weighted by Gasteiger charge is -2.21. The first-order chi connectivity index (χ1) is 13.8. The second-order valence-electron chi connectivity index (χ2n) is 7.64. The second kappa shape index (κ2) is 7.18. The molecule has 0 unspecified atom stereocenters. The Morgan fingerprint density at radius 1 is 1.17 bits per heavy atom. The Kier molecular flexibility index (Phi) is 4.82.